The quantitative estimate of drug-likeness (QED) is 0.845. The maximum Gasteiger partial charge on any atom is 0.123 e. The van der Waals surface area contributed by atoms with E-state index < -0.39 is 0 Å². The minimum Gasteiger partial charge on any atom is -0.491 e. The van der Waals surface area contributed by atoms with Crippen LogP contribution < -0.4 is 10.5 Å². The number of para-hydroxylation sites is 1. The molecule has 1 aliphatic carbocycles. The highest BCUT2D eigenvalue weighted by molar-refractivity contribution is 5.41. The maximum absolute atomic E-state index is 5.94. The van der Waals surface area contributed by atoms with Crippen molar-refractivity contribution in [3.8, 4) is 5.75 Å². The van der Waals surface area contributed by atoms with E-state index in [-0.39, 0.29) is 11.5 Å². The monoisotopic (exact) mass is 219 g/mol. The van der Waals surface area contributed by atoms with Crippen molar-refractivity contribution in [2.45, 2.75) is 44.6 Å². The average molecular weight is 219 g/mol. The van der Waals surface area contributed by atoms with Gasteiger partial charge in [-0.05, 0) is 32.8 Å². The third-order valence-corrected chi connectivity index (χ3v) is 3.52. The zero-order valence-corrected chi connectivity index (χ0v) is 10.2. The van der Waals surface area contributed by atoms with Crippen molar-refractivity contribution < 1.29 is 4.74 Å². The first kappa shape index (κ1) is 11.5. The summed E-state index contributed by atoms with van der Waals surface area (Å²) >= 11 is 0. The summed E-state index contributed by atoms with van der Waals surface area (Å²) in [5.41, 5.74) is 7.43. The molecular weight excluding hydrogens is 198 g/mol. The van der Waals surface area contributed by atoms with Gasteiger partial charge in [-0.3, -0.25) is 0 Å². The molecule has 0 saturated heterocycles. The Hall–Kier alpha value is -1.02. The van der Waals surface area contributed by atoms with Crippen molar-refractivity contribution in [2.75, 3.05) is 6.54 Å². The third-order valence-electron chi connectivity index (χ3n) is 3.52. The van der Waals surface area contributed by atoms with Crippen LogP contribution in [0, 0.1) is 0 Å². The molecule has 88 valence electrons. The summed E-state index contributed by atoms with van der Waals surface area (Å²) in [6.07, 6.45) is 3.90. The summed E-state index contributed by atoms with van der Waals surface area (Å²) in [7, 11) is 0. The number of rotatable bonds is 4. The highest BCUT2D eigenvalue weighted by atomic mass is 16.5. The lowest BCUT2D eigenvalue weighted by Gasteiger charge is -2.42. The highest BCUT2D eigenvalue weighted by Crippen LogP contribution is 2.46. The Kier molecular flexibility index (Phi) is 3.20. The SMILES string of the molecule is CC(C)Oc1ccccc1C1(CN)CCC1. The van der Waals surface area contributed by atoms with Crippen molar-refractivity contribution in [3.05, 3.63) is 29.8 Å². The van der Waals surface area contributed by atoms with Crippen molar-refractivity contribution in [2.24, 2.45) is 5.73 Å². The molecule has 1 saturated carbocycles. The molecule has 0 spiro atoms. The topological polar surface area (TPSA) is 35.2 Å². The highest BCUT2D eigenvalue weighted by Gasteiger charge is 2.39. The van der Waals surface area contributed by atoms with Gasteiger partial charge >= 0.3 is 0 Å². The molecule has 2 rings (SSSR count). The Bertz CT molecular complexity index is 350. The standard InChI is InChI=1S/C14H21NO/c1-11(2)16-13-7-4-3-6-12(13)14(10-15)8-5-9-14/h3-4,6-7,11H,5,8-10,15H2,1-2H3. The largest absolute Gasteiger partial charge is 0.491 e. The number of hydrogen-bond acceptors (Lipinski definition) is 2. The summed E-state index contributed by atoms with van der Waals surface area (Å²) in [5, 5.41) is 0. The number of hydrogen-bond donors (Lipinski definition) is 1. The van der Waals surface area contributed by atoms with Crippen LogP contribution in [-0.4, -0.2) is 12.6 Å². The van der Waals surface area contributed by atoms with Crippen LogP contribution >= 0.6 is 0 Å². The van der Waals surface area contributed by atoms with Crippen LogP contribution in [0.1, 0.15) is 38.7 Å². The normalized spacial score (nSPS) is 18.2. The molecule has 1 aromatic rings. The third kappa shape index (κ3) is 1.94. The molecule has 2 heteroatoms. The number of benzene rings is 1. The van der Waals surface area contributed by atoms with Gasteiger partial charge in [0, 0.05) is 17.5 Å². The predicted octanol–water partition coefficient (Wildman–Crippen LogP) is 2.85. The van der Waals surface area contributed by atoms with E-state index in [0.29, 0.717) is 0 Å². The van der Waals surface area contributed by atoms with Gasteiger partial charge in [-0.1, -0.05) is 24.6 Å². The first-order valence-electron chi connectivity index (χ1n) is 6.14. The Morgan fingerprint density at radius 2 is 2.00 bits per heavy atom. The fourth-order valence-electron chi connectivity index (χ4n) is 2.45. The van der Waals surface area contributed by atoms with E-state index in [0.717, 1.165) is 12.3 Å². The summed E-state index contributed by atoms with van der Waals surface area (Å²) in [5.74, 6) is 1.02. The molecule has 0 heterocycles. The molecule has 0 aromatic heterocycles. The molecule has 0 amide bonds. The first-order chi connectivity index (χ1) is 7.68. The van der Waals surface area contributed by atoms with Crippen molar-refractivity contribution in [1.82, 2.24) is 0 Å². The lowest BCUT2D eigenvalue weighted by molar-refractivity contribution is 0.210. The zero-order valence-electron chi connectivity index (χ0n) is 10.2. The molecule has 1 fully saturated rings. The van der Waals surface area contributed by atoms with Gasteiger partial charge in [-0.25, -0.2) is 0 Å². The van der Waals surface area contributed by atoms with E-state index in [1.54, 1.807) is 0 Å². The smallest absolute Gasteiger partial charge is 0.123 e. The van der Waals surface area contributed by atoms with E-state index in [1.807, 2.05) is 6.07 Å². The second kappa shape index (κ2) is 4.46. The lowest BCUT2D eigenvalue weighted by Crippen LogP contribution is -2.41. The van der Waals surface area contributed by atoms with Gasteiger partial charge < -0.3 is 10.5 Å². The van der Waals surface area contributed by atoms with E-state index >= 15 is 0 Å². The van der Waals surface area contributed by atoms with Crippen molar-refractivity contribution in [3.63, 3.8) is 0 Å². The molecule has 0 aliphatic heterocycles. The van der Waals surface area contributed by atoms with Gasteiger partial charge in [0.1, 0.15) is 5.75 Å². The molecular formula is C14H21NO. The Morgan fingerprint density at radius 3 is 2.50 bits per heavy atom. The van der Waals surface area contributed by atoms with Crippen LogP contribution in [0.25, 0.3) is 0 Å². The van der Waals surface area contributed by atoms with Gasteiger partial charge in [-0.15, -0.1) is 0 Å². The number of nitrogens with two attached hydrogens (primary N) is 1. The van der Waals surface area contributed by atoms with Crippen LogP contribution in [-0.2, 0) is 5.41 Å². The van der Waals surface area contributed by atoms with E-state index in [1.165, 1.54) is 24.8 Å². The fourth-order valence-corrected chi connectivity index (χ4v) is 2.45. The Balaban J connectivity index is 2.32. The minimum atomic E-state index is 0.186. The lowest BCUT2D eigenvalue weighted by atomic mass is 9.64. The number of ether oxygens (including phenoxy) is 1. The second-order valence-electron chi connectivity index (χ2n) is 5.00. The van der Waals surface area contributed by atoms with Gasteiger partial charge in [-0.2, -0.15) is 0 Å². The summed E-state index contributed by atoms with van der Waals surface area (Å²) in [4.78, 5) is 0. The van der Waals surface area contributed by atoms with E-state index in [9.17, 15) is 0 Å². The minimum absolute atomic E-state index is 0.186. The fraction of sp³-hybridized carbons (Fsp3) is 0.571. The first-order valence-corrected chi connectivity index (χ1v) is 6.14. The van der Waals surface area contributed by atoms with Gasteiger partial charge in [0.15, 0.2) is 0 Å². The molecule has 2 N–H and O–H groups in total. The molecule has 0 radical (unpaired) electrons. The van der Waals surface area contributed by atoms with Gasteiger partial charge in [0.2, 0.25) is 0 Å². The summed E-state index contributed by atoms with van der Waals surface area (Å²) < 4.78 is 5.87. The van der Waals surface area contributed by atoms with Crippen LogP contribution in [0.15, 0.2) is 24.3 Å². The molecule has 1 aliphatic rings. The predicted molar refractivity (Wildman–Crippen MR) is 66.8 cm³/mol. The summed E-state index contributed by atoms with van der Waals surface area (Å²) in [6, 6.07) is 8.34. The Labute approximate surface area is 97.8 Å². The molecule has 0 atom stereocenters. The zero-order chi connectivity index (χ0) is 11.6. The van der Waals surface area contributed by atoms with Crippen molar-refractivity contribution >= 4 is 0 Å². The van der Waals surface area contributed by atoms with E-state index in [2.05, 4.69) is 32.0 Å². The van der Waals surface area contributed by atoms with Crippen LogP contribution in [0.5, 0.6) is 5.75 Å². The molecule has 2 nitrogen and oxygen atoms in total. The average Bonchev–Trinajstić information content (AvgIpc) is 2.19. The van der Waals surface area contributed by atoms with Gasteiger partial charge in [0.05, 0.1) is 6.10 Å². The van der Waals surface area contributed by atoms with Crippen LogP contribution in [0.2, 0.25) is 0 Å². The molecule has 1 aromatic carbocycles. The molecule has 0 bridgehead atoms. The Morgan fingerprint density at radius 1 is 1.31 bits per heavy atom. The van der Waals surface area contributed by atoms with Crippen LogP contribution in [0.4, 0.5) is 0 Å². The molecule has 16 heavy (non-hydrogen) atoms. The second-order valence-corrected chi connectivity index (χ2v) is 5.00. The molecule has 0 unspecified atom stereocenters. The van der Waals surface area contributed by atoms with Gasteiger partial charge in [0.25, 0.3) is 0 Å². The van der Waals surface area contributed by atoms with Crippen LogP contribution in [0.3, 0.4) is 0 Å². The van der Waals surface area contributed by atoms with Crippen molar-refractivity contribution in [1.29, 1.82) is 0 Å². The maximum atomic E-state index is 5.94. The summed E-state index contributed by atoms with van der Waals surface area (Å²) in [6.45, 7) is 4.85. The van der Waals surface area contributed by atoms with E-state index in [4.69, 9.17) is 10.5 Å².